The predicted octanol–water partition coefficient (Wildman–Crippen LogP) is 1.36. The SMILES string of the molecule is Cl.O=C(CC1CCCN1)NCc1cccc(CO)c1. The highest BCUT2D eigenvalue weighted by molar-refractivity contribution is 5.85. The number of nitrogens with one attached hydrogen (secondary N) is 2. The second-order valence-electron chi connectivity index (χ2n) is 4.75. The lowest BCUT2D eigenvalue weighted by atomic mass is 10.1. The quantitative estimate of drug-likeness (QED) is 0.765. The summed E-state index contributed by atoms with van der Waals surface area (Å²) in [6, 6.07) is 7.97. The van der Waals surface area contributed by atoms with Gasteiger partial charge in [0.2, 0.25) is 5.91 Å². The third-order valence-electron chi connectivity index (χ3n) is 3.26. The first kappa shape index (κ1) is 16.0. The van der Waals surface area contributed by atoms with Crippen LogP contribution in [0, 0.1) is 0 Å². The molecule has 0 aromatic heterocycles. The summed E-state index contributed by atoms with van der Waals surface area (Å²) in [5.74, 6) is 0.0869. The molecule has 1 unspecified atom stereocenters. The number of aliphatic hydroxyl groups is 1. The van der Waals surface area contributed by atoms with Crippen LogP contribution in [0.5, 0.6) is 0 Å². The summed E-state index contributed by atoms with van der Waals surface area (Å²) in [6.07, 6.45) is 2.81. The van der Waals surface area contributed by atoms with Crippen molar-refractivity contribution < 1.29 is 9.90 Å². The smallest absolute Gasteiger partial charge is 0.221 e. The summed E-state index contributed by atoms with van der Waals surface area (Å²) in [5, 5.41) is 15.3. The van der Waals surface area contributed by atoms with Gasteiger partial charge in [0.1, 0.15) is 0 Å². The molecule has 1 aliphatic rings. The Morgan fingerprint density at radius 2 is 2.21 bits per heavy atom. The minimum atomic E-state index is 0. The molecule has 0 bridgehead atoms. The van der Waals surface area contributed by atoms with Crippen molar-refractivity contribution >= 4 is 18.3 Å². The van der Waals surface area contributed by atoms with E-state index in [1.165, 1.54) is 0 Å². The van der Waals surface area contributed by atoms with E-state index in [0.29, 0.717) is 19.0 Å². The van der Waals surface area contributed by atoms with Gasteiger partial charge in [-0.2, -0.15) is 0 Å². The van der Waals surface area contributed by atoms with Crippen molar-refractivity contribution in [2.75, 3.05) is 6.54 Å². The first-order chi connectivity index (χ1) is 8.78. The number of carbonyl (C=O) groups excluding carboxylic acids is 1. The lowest BCUT2D eigenvalue weighted by Gasteiger charge is -2.10. The summed E-state index contributed by atoms with van der Waals surface area (Å²) in [7, 11) is 0. The second kappa shape index (κ2) is 8.15. The molecule has 1 fully saturated rings. The van der Waals surface area contributed by atoms with E-state index in [4.69, 9.17) is 5.11 Å². The fourth-order valence-corrected chi connectivity index (χ4v) is 2.27. The largest absolute Gasteiger partial charge is 0.392 e. The van der Waals surface area contributed by atoms with Crippen molar-refractivity contribution in [2.45, 2.75) is 38.5 Å². The molecule has 1 atom stereocenters. The number of carbonyl (C=O) groups is 1. The Hall–Kier alpha value is -1.10. The van der Waals surface area contributed by atoms with Gasteiger partial charge in [-0.25, -0.2) is 0 Å². The van der Waals surface area contributed by atoms with Gasteiger partial charge in [0.05, 0.1) is 6.61 Å². The molecule has 1 aliphatic heterocycles. The van der Waals surface area contributed by atoms with E-state index < -0.39 is 0 Å². The van der Waals surface area contributed by atoms with Gasteiger partial charge in [-0.15, -0.1) is 12.4 Å². The Morgan fingerprint density at radius 3 is 2.89 bits per heavy atom. The van der Waals surface area contributed by atoms with Crippen molar-refractivity contribution in [1.29, 1.82) is 0 Å². The van der Waals surface area contributed by atoms with E-state index in [1.54, 1.807) is 0 Å². The molecule has 1 heterocycles. The second-order valence-corrected chi connectivity index (χ2v) is 4.75. The molecule has 0 radical (unpaired) electrons. The normalized spacial score (nSPS) is 17.8. The van der Waals surface area contributed by atoms with Gasteiger partial charge in [-0.1, -0.05) is 24.3 Å². The van der Waals surface area contributed by atoms with Gasteiger partial charge in [0.25, 0.3) is 0 Å². The number of halogens is 1. The lowest BCUT2D eigenvalue weighted by Crippen LogP contribution is -2.31. The Morgan fingerprint density at radius 1 is 1.42 bits per heavy atom. The molecule has 0 aliphatic carbocycles. The molecule has 106 valence electrons. The summed E-state index contributed by atoms with van der Waals surface area (Å²) >= 11 is 0. The van der Waals surface area contributed by atoms with E-state index in [0.717, 1.165) is 30.5 Å². The highest BCUT2D eigenvalue weighted by atomic mass is 35.5. The van der Waals surface area contributed by atoms with Gasteiger partial charge in [0.15, 0.2) is 0 Å². The van der Waals surface area contributed by atoms with Gasteiger partial charge in [-0.3, -0.25) is 4.79 Å². The van der Waals surface area contributed by atoms with E-state index in [9.17, 15) is 4.79 Å². The van der Waals surface area contributed by atoms with Crippen LogP contribution < -0.4 is 10.6 Å². The van der Waals surface area contributed by atoms with E-state index >= 15 is 0 Å². The lowest BCUT2D eigenvalue weighted by molar-refractivity contribution is -0.121. The zero-order chi connectivity index (χ0) is 12.8. The third-order valence-corrected chi connectivity index (χ3v) is 3.26. The maximum atomic E-state index is 11.7. The molecule has 5 heteroatoms. The average molecular weight is 285 g/mol. The topological polar surface area (TPSA) is 61.4 Å². The van der Waals surface area contributed by atoms with E-state index in [-0.39, 0.29) is 24.9 Å². The fourth-order valence-electron chi connectivity index (χ4n) is 2.27. The van der Waals surface area contributed by atoms with Gasteiger partial charge in [-0.05, 0) is 30.5 Å². The molecule has 3 N–H and O–H groups in total. The van der Waals surface area contributed by atoms with Crippen LogP contribution in [-0.2, 0) is 17.9 Å². The van der Waals surface area contributed by atoms with Crippen molar-refractivity contribution in [1.82, 2.24) is 10.6 Å². The molecule has 1 aromatic rings. The molecular weight excluding hydrogens is 264 g/mol. The fraction of sp³-hybridized carbons (Fsp3) is 0.500. The molecule has 2 rings (SSSR count). The Balaban J connectivity index is 0.00000180. The number of aliphatic hydroxyl groups excluding tert-OH is 1. The van der Waals surface area contributed by atoms with Crippen LogP contribution in [0.15, 0.2) is 24.3 Å². The number of rotatable bonds is 5. The van der Waals surface area contributed by atoms with Gasteiger partial charge >= 0.3 is 0 Å². The first-order valence-electron chi connectivity index (χ1n) is 6.46. The van der Waals surface area contributed by atoms with Crippen LogP contribution in [0.25, 0.3) is 0 Å². The van der Waals surface area contributed by atoms with Crippen LogP contribution in [0.1, 0.15) is 30.4 Å². The highest BCUT2D eigenvalue weighted by Gasteiger charge is 2.17. The number of hydrogen-bond acceptors (Lipinski definition) is 3. The zero-order valence-electron chi connectivity index (χ0n) is 10.9. The molecule has 1 saturated heterocycles. The van der Waals surface area contributed by atoms with Crippen LogP contribution >= 0.6 is 12.4 Å². The minimum absolute atomic E-state index is 0. The van der Waals surface area contributed by atoms with Crippen molar-refractivity contribution in [3.63, 3.8) is 0 Å². The van der Waals surface area contributed by atoms with E-state index in [2.05, 4.69) is 10.6 Å². The maximum absolute atomic E-state index is 11.7. The Bertz CT molecular complexity index is 406. The summed E-state index contributed by atoms with van der Waals surface area (Å²) in [6.45, 7) is 1.59. The number of amides is 1. The Labute approximate surface area is 120 Å². The maximum Gasteiger partial charge on any atom is 0.221 e. The monoisotopic (exact) mass is 284 g/mol. The van der Waals surface area contributed by atoms with Crippen molar-refractivity contribution in [3.05, 3.63) is 35.4 Å². The van der Waals surface area contributed by atoms with Crippen molar-refractivity contribution in [2.24, 2.45) is 0 Å². The van der Waals surface area contributed by atoms with Crippen LogP contribution in [-0.4, -0.2) is 23.6 Å². The molecule has 19 heavy (non-hydrogen) atoms. The van der Waals surface area contributed by atoms with E-state index in [1.807, 2.05) is 24.3 Å². The van der Waals surface area contributed by atoms with Crippen molar-refractivity contribution in [3.8, 4) is 0 Å². The average Bonchev–Trinajstić information content (AvgIpc) is 2.89. The molecule has 4 nitrogen and oxygen atoms in total. The first-order valence-corrected chi connectivity index (χ1v) is 6.46. The molecule has 1 aromatic carbocycles. The molecular formula is C14H21ClN2O2. The molecule has 0 saturated carbocycles. The van der Waals surface area contributed by atoms with Crippen LogP contribution in [0.3, 0.4) is 0 Å². The Kier molecular flexibility index (Phi) is 6.84. The summed E-state index contributed by atoms with van der Waals surface area (Å²) in [5.41, 5.74) is 1.90. The minimum Gasteiger partial charge on any atom is -0.392 e. The van der Waals surface area contributed by atoms with Gasteiger partial charge in [0, 0.05) is 19.0 Å². The number of hydrogen-bond donors (Lipinski definition) is 3. The standard InChI is InChI=1S/C14H20N2O2.ClH/c17-10-12-4-1-3-11(7-12)9-16-14(18)8-13-5-2-6-15-13;/h1,3-4,7,13,15,17H,2,5-6,8-10H2,(H,16,18);1H. The summed E-state index contributed by atoms with van der Waals surface area (Å²) in [4.78, 5) is 11.7. The predicted molar refractivity (Wildman–Crippen MR) is 77.1 cm³/mol. The zero-order valence-corrected chi connectivity index (χ0v) is 11.7. The van der Waals surface area contributed by atoms with Crippen LogP contribution in [0.4, 0.5) is 0 Å². The van der Waals surface area contributed by atoms with Crippen LogP contribution in [0.2, 0.25) is 0 Å². The summed E-state index contributed by atoms with van der Waals surface area (Å²) < 4.78 is 0. The third kappa shape index (κ3) is 5.19. The molecule has 0 spiro atoms. The number of benzene rings is 1. The highest BCUT2D eigenvalue weighted by Crippen LogP contribution is 2.09. The molecule has 1 amide bonds. The van der Waals surface area contributed by atoms with Gasteiger partial charge < -0.3 is 15.7 Å².